The van der Waals surface area contributed by atoms with Gasteiger partial charge in [0.15, 0.2) is 0 Å². The van der Waals surface area contributed by atoms with Gasteiger partial charge in [-0.15, -0.1) is 0 Å². The van der Waals surface area contributed by atoms with Crippen LogP contribution in [0.15, 0.2) is 71.6 Å². The Morgan fingerprint density at radius 3 is 2.31 bits per heavy atom. The second-order valence-electron chi connectivity index (χ2n) is 7.04. The molecule has 0 saturated carbocycles. The average Bonchev–Trinajstić information content (AvgIpc) is 2.71. The maximum atomic E-state index is 13.0. The summed E-state index contributed by atoms with van der Waals surface area (Å²) in [6.07, 6.45) is 6.35. The van der Waals surface area contributed by atoms with Crippen LogP contribution in [0, 0.1) is 0 Å². The van der Waals surface area contributed by atoms with E-state index in [0.29, 0.717) is 10.7 Å². The molecule has 29 heavy (non-hydrogen) atoms. The van der Waals surface area contributed by atoms with Crippen LogP contribution in [0.5, 0.6) is 0 Å². The highest BCUT2D eigenvalue weighted by atomic mass is 35.5. The van der Waals surface area contributed by atoms with Gasteiger partial charge in [-0.25, -0.2) is 8.42 Å². The molecular weight excluding hydrogens is 402 g/mol. The minimum Gasteiger partial charge on any atom is -0.279 e. The average molecular weight is 428 g/mol. The molecule has 0 saturated heterocycles. The molecule has 0 fully saturated rings. The van der Waals surface area contributed by atoms with E-state index in [-0.39, 0.29) is 4.90 Å². The van der Waals surface area contributed by atoms with Crippen molar-refractivity contribution in [2.24, 2.45) is 0 Å². The van der Waals surface area contributed by atoms with Crippen LogP contribution in [-0.2, 0) is 10.0 Å². The van der Waals surface area contributed by atoms with Crippen molar-refractivity contribution in [1.82, 2.24) is 0 Å². The zero-order chi connectivity index (χ0) is 20.9. The van der Waals surface area contributed by atoms with Crippen LogP contribution in [0.4, 0.5) is 5.69 Å². The number of sulfonamides is 1. The highest BCUT2D eigenvalue weighted by Gasteiger charge is 2.17. The highest BCUT2D eigenvalue weighted by molar-refractivity contribution is 7.92. The van der Waals surface area contributed by atoms with Crippen molar-refractivity contribution >= 4 is 43.7 Å². The number of hydrogen-bond acceptors (Lipinski definition) is 2. The van der Waals surface area contributed by atoms with Gasteiger partial charge in [-0.1, -0.05) is 74.7 Å². The van der Waals surface area contributed by atoms with E-state index in [1.165, 1.54) is 17.7 Å². The van der Waals surface area contributed by atoms with Gasteiger partial charge >= 0.3 is 0 Å². The molecule has 0 amide bonds. The third-order valence-corrected chi connectivity index (χ3v) is 6.45. The normalized spacial score (nSPS) is 12.3. The van der Waals surface area contributed by atoms with Crippen molar-refractivity contribution in [1.29, 1.82) is 0 Å². The lowest BCUT2D eigenvalue weighted by atomic mass is 9.93. The Morgan fingerprint density at radius 1 is 0.966 bits per heavy atom. The zero-order valence-corrected chi connectivity index (χ0v) is 18.4. The summed E-state index contributed by atoms with van der Waals surface area (Å²) < 4.78 is 28.7. The van der Waals surface area contributed by atoms with E-state index in [4.69, 9.17) is 11.6 Å². The summed E-state index contributed by atoms with van der Waals surface area (Å²) in [4.78, 5) is 0.187. The lowest BCUT2D eigenvalue weighted by molar-refractivity contribution is 0.601. The first-order chi connectivity index (χ1) is 14.0. The van der Waals surface area contributed by atoms with E-state index >= 15 is 0 Å². The fourth-order valence-corrected chi connectivity index (χ4v) is 4.64. The van der Waals surface area contributed by atoms with Gasteiger partial charge < -0.3 is 0 Å². The Hall–Kier alpha value is -2.30. The summed E-state index contributed by atoms with van der Waals surface area (Å²) in [5.74, 6) is 0. The van der Waals surface area contributed by atoms with Crippen LogP contribution in [0.3, 0.4) is 0 Å². The quantitative estimate of drug-likeness (QED) is 0.410. The van der Waals surface area contributed by atoms with Crippen molar-refractivity contribution in [2.75, 3.05) is 4.72 Å². The minimum absolute atomic E-state index is 0.187. The van der Waals surface area contributed by atoms with Crippen LogP contribution in [-0.4, -0.2) is 8.42 Å². The predicted octanol–water partition coefficient (Wildman–Crippen LogP) is 7.28. The van der Waals surface area contributed by atoms with E-state index in [9.17, 15) is 8.42 Å². The monoisotopic (exact) mass is 427 g/mol. The van der Waals surface area contributed by atoms with E-state index in [2.05, 4.69) is 30.7 Å². The Kier molecular flexibility index (Phi) is 6.99. The summed E-state index contributed by atoms with van der Waals surface area (Å²) in [5, 5.41) is 2.45. The van der Waals surface area contributed by atoms with Gasteiger partial charge in [0.2, 0.25) is 0 Å². The van der Waals surface area contributed by atoms with Crippen molar-refractivity contribution < 1.29 is 8.42 Å². The summed E-state index contributed by atoms with van der Waals surface area (Å²) in [6, 6.07) is 18.0. The number of halogens is 1. The number of benzene rings is 3. The molecule has 0 spiro atoms. The Morgan fingerprint density at radius 2 is 1.66 bits per heavy atom. The van der Waals surface area contributed by atoms with Crippen molar-refractivity contribution in [2.45, 2.75) is 44.4 Å². The number of hydrogen-bond donors (Lipinski definition) is 1. The Bertz CT molecular complexity index is 1110. The number of anilines is 1. The maximum Gasteiger partial charge on any atom is 0.261 e. The smallest absolute Gasteiger partial charge is 0.261 e. The summed E-state index contributed by atoms with van der Waals surface area (Å²) >= 11 is 5.91. The van der Waals surface area contributed by atoms with Gasteiger partial charge in [0, 0.05) is 10.4 Å². The number of fused-ring (bicyclic) bond motifs is 1. The Labute approximate surface area is 178 Å². The Balaban J connectivity index is 2.12. The van der Waals surface area contributed by atoms with Crippen LogP contribution >= 0.6 is 11.6 Å². The third kappa shape index (κ3) is 5.01. The largest absolute Gasteiger partial charge is 0.279 e. The first-order valence-electron chi connectivity index (χ1n) is 9.95. The molecule has 0 radical (unpaired) electrons. The van der Waals surface area contributed by atoms with Crippen molar-refractivity contribution in [3.8, 4) is 0 Å². The van der Waals surface area contributed by atoms with E-state index < -0.39 is 10.0 Å². The molecule has 0 aliphatic rings. The lowest BCUT2D eigenvalue weighted by Gasteiger charge is -2.16. The van der Waals surface area contributed by atoms with Gasteiger partial charge in [-0.2, -0.15) is 0 Å². The number of nitrogens with one attached hydrogen (secondary N) is 1. The van der Waals surface area contributed by atoms with E-state index in [1.54, 1.807) is 12.1 Å². The molecule has 1 N–H and O–H groups in total. The summed E-state index contributed by atoms with van der Waals surface area (Å²) in [7, 11) is -3.72. The molecule has 3 aromatic carbocycles. The van der Waals surface area contributed by atoms with Gasteiger partial charge in [0.05, 0.1) is 10.6 Å². The number of unbranched alkanes of at least 4 members (excludes halogenated alkanes) is 1. The first-order valence-corrected chi connectivity index (χ1v) is 11.8. The summed E-state index contributed by atoms with van der Waals surface area (Å²) in [6.45, 7) is 4.32. The molecule has 3 rings (SSSR count). The van der Waals surface area contributed by atoms with Crippen molar-refractivity contribution in [3.05, 3.63) is 77.3 Å². The second-order valence-corrected chi connectivity index (χ2v) is 9.16. The number of rotatable bonds is 8. The molecule has 3 nitrogen and oxygen atoms in total. The SMILES string of the molecule is CCC/C=C(\CCC)c1cccc2cccc(NS(=O)(=O)c3ccc(Cl)cc3)c12. The van der Waals surface area contributed by atoms with Crippen LogP contribution in [0.25, 0.3) is 16.3 Å². The van der Waals surface area contributed by atoms with Crippen LogP contribution in [0.1, 0.15) is 45.1 Å². The number of allylic oxidation sites excluding steroid dienone is 2. The second kappa shape index (κ2) is 9.47. The molecule has 0 atom stereocenters. The fraction of sp³-hybridized carbons (Fsp3) is 0.250. The molecule has 0 aliphatic heterocycles. The van der Waals surface area contributed by atoms with Crippen molar-refractivity contribution in [3.63, 3.8) is 0 Å². The topological polar surface area (TPSA) is 46.2 Å². The first kappa shape index (κ1) is 21.4. The van der Waals surface area contributed by atoms with E-state index in [1.807, 2.05) is 30.3 Å². The highest BCUT2D eigenvalue weighted by Crippen LogP contribution is 2.34. The minimum atomic E-state index is -3.72. The lowest BCUT2D eigenvalue weighted by Crippen LogP contribution is -2.13. The molecular formula is C24H26ClNO2S. The fourth-order valence-electron chi connectivity index (χ4n) is 3.45. The van der Waals surface area contributed by atoms with Gasteiger partial charge in [-0.05, 0) is 59.7 Å². The standard InChI is InChI=1S/C24H26ClNO2S/c1-3-5-9-18(8-4-2)22-12-6-10-19-11-7-13-23(24(19)22)26-29(27,28)21-16-14-20(25)15-17-21/h6-7,9-17,26H,3-5,8H2,1-2H3/b18-9+. The van der Waals surface area contributed by atoms with Crippen LogP contribution in [0.2, 0.25) is 5.02 Å². The van der Waals surface area contributed by atoms with Gasteiger partial charge in [0.25, 0.3) is 10.0 Å². The third-order valence-electron chi connectivity index (χ3n) is 4.82. The molecule has 0 bridgehead atoms. The van der Waals surface area contributed by atoms with Gasteiger partial charge in [0.1, 0.15) is 0 Å². The molecule has 152 valence electrons. The van der Waals surface area contributed by atoms with Gasteiger partial charge in [-0.3, -0.25) is 4.72 Å². The zero-order valence-electron chi connectivity index (χ0n) is 16.8. The maximum absolute atomic E-state index is 13.0. The molecule has 0 aromatic heterocycles. The molecule has 0 heterocycles. The predicted molar refractivity (Wildman–Crippen MR) is 124 cm³/mol. The molecule has 0 unspecified atom stereocenters. The van der Waals surface area contributed by atoms with Crippen LogP contribution < -0.4 is 4.72 Å². The molecule has 5 heteroatoms. The summed E-state index contributed by atoms with van der Waals surface area (Å²) in [5.41, 5.74) is 2.94. The molecule has 3 aromatic rings. The molecule has 0 aliphatic carbocycles. The van der Waals surface area contributed by atoms with E-state index in [0.717, 1.165) is 42.0 Å².